The van der Waals surface area contributed by atoms with E-state index >= 15 is 0 Å². The van der Waals surface area contributed by atoms with Gasteiger partial charge in [-0.25, -0.2) is 4.79 Å². The fraction of sp³-hybridized carbons (Fsp3) is 0.375. The monoisotopic (exact) mass is 323 g/mol. The number of nitrogens with one attached hydrogen (secondary N) is 1. The molecule has 1 aromatic rings. The predicted octanol–water partition coefficient (Wildman–Crippen LogP) is 1.26. The van der Waals surface area contributed by atoms with Crippen LogP contribution in [0, 0.1) is 0 Å². The summed E-state index contributed by atoms with van der Waals surface area (Å²) in [7, 11) is 4.33. The van der Waals surface area contributed by atoms with Crippen molar-refractivity contribution in [2.24, 2.45) is 0 Å². The Morgan fingerprint density at radius 1 is 1.30 bits per heavy atom. The number of ether oxygens (including phenoxy) is 3. The van der Waals surface area contributed by atoms with Crippen molar-refractivity contribution in [3.8, 4) is 11.5 Å². The standard InChI is InChI=1S/C16H21NO6/c1-5-6-10-7-11(8-13(22-3)14(10)23-4)15(18)17-12(9-21-2)16(19)20/h5,7-8,12H,1,6,9H2,2-4H3,(H,17,18)(H,19,20). The van der Waals surface area contributed by atoms with E-state index in [0.717, 1.165) is 0 Å². The summed E-state index contributed by atoms with van der Waals surface area (Å²) in [6.07, 6.45) is 2.14. The van der Waals surface area contributed by atoms with E-state index in [1.165, 1.54) is 27.4 Å². The molecule has 2 N–H and O–H groups in total. The largest absolute Gasteiger partial charge is 0.493 e. The second-order valence-electron chi connectivity index (χ2n) is 4.68. The van der Waals surface area contributed by atoms with Crippen molar-refractivity contribution >= 4 is 11.9 Å². The van der Waals surface area contributed by atoms with Gasteiger partial charge in [-0.1, -0.05) is 6.08 Å². The normalized spacial score (nSPS) is 11.4. The molecule has 0 saturated heterocycles. The first-order valence-corrected chi connectivity index (χ1v) is 6.86. The number of aliphatic carboxylic acids is 1. The lowest BCUT2D eigenvalue weighted by Crippen LogP contribution is -2.43. The molecule has 1 aromatic carbocycles. The molecule has 0 aliphatic heterocycles. The molecule has 0 aliphatic rings. The summed E-state index contributed by atoms with van der Waals surface area (Å²) in [6.45, 7) is 3.54. The van der Waals surface area contributed by atoms with E-state index in [1.54, 1.807) is 12.1 Å². The lowest BCUT2D eigenvalue weighted by Gasteiger charge is -2.16. The van der Waals surface area contributed by atoms with Crippen LogP contribution in [0.3, 0.4) is 0 Å². The second-order valence-corrected chi connectivity index (χ2v) is 4.68. The van der Waals surface area contributed by atoms with Crippen LogP contribution in [0.5, 0.6) is 11.5 Å². The summed E-state index contributed by atoms with van der Waals surface area (Å²) >= 11 is 0. The van der Waals surface area contributed by atoms with Gasteiger partial charge in [-0.05, 0) is 18.6 Å². The van der Waals surface area contributed by atoms with Gasteiger partial charge in [0, 0.05) is 18.2 Å². The van der Waals surface area contributed by atoms with Crippen LogP contribution in [0.15, 0.2) is 24.8 Å². The summed E-state index contributed by atoms with van der Waals surface area (Å²) < 4.78 is 15.3. The number of carbonyl (C=O) groups is 2. The first kappa shape index (κ1) is 18.5. The molecule has 1 amide bonds. The number of benzene rings is 1. The molecule has 7 nitrogen and oxygen atoms in total. The molecule has 1 rings (SSSR count). The molecule has 7 heteroatoms. The van der Waals surface area contributed by atoms with Crippen molar-refractivity contribution in [3.63, 3.8) is 0 Å². The second kappa shape index (κ2) is 8.79. The SMILES string of the molecule is C=CCc1cc(C(=O)NC(COC)C(=O)O)cc(OC)c1OC. The van der Waals surface area contributed by atoms with E-state index in [0.29, 0.717) is 23.5 Å². The molecular formula is C16H21NO6. The Morgan fingerprint density at radius 2 is 2.00 bits per heavy atom. The average Bonchev–Trinajstić information content (AvgIpc) is 2.53. The molecule has 23 heavy (non-hydrogen) atoms. The third kappa shape index (κ3) is 4.72. The molecule has 0 radical (unpaired) electrons. The Hall–Kier alpha value is -2.54. The van der Waals surface area contributed by atoms with Gasteiger partial charge in [0.1, 0.15) is 0 Å². The topological polar surface area (TPSA) is 94.1 Å². The highest BCUT2D eigenvalue weighted by molar-refractivity contribution is 5.97. The molecule has 126 valence electrons. The molecule has 0 fully saturated rings. The maximum Gasteiger partial charge on any atom is 0.328 e. The molecule has 0 aliphatic carbocycles. The van der Waals surface area contributed by atoms with Crippen LogP contribution in [0.2, 0.25) is 0 Å². The fourth-order valence-corrected chi connectivity index (χ4v) is 2.06. The van der Waals surface area contributed by atoms with Gasteiger partial charge >= 0.3 is 5.97 Å². The maximum absolute atomic E-state index is 12.3. The molecule has 0 bridgehead atoms. The number of allylic oxidation sites excluding steroid dienone is 1. The molecule has 0 saturated carbocycles. The summed E-state index contributed by atoms with van der Waals surface area (Å²) in [5.74, 6) is -0.820. The molecule has 0 heterocycles. The van der Waals surface area contributed by atoms with Crippen molar-refractivity contribution in [2.75, 3.05) is 27.9 Å². The van der Waals surface area contributed by atoms with E-state index in [1.807, 2.05) is 0 Å². The van der Waals surface area contributed by atoms with Crippen LogP contribution in [0.4, 0.5) is 0 Å². The van der Waals surface area contributed by atoms with E-state index in [2.05, 4.69) is 11.9 Å². The Morgan fingerprint density at radius 3 is 2.48 bits per heavy atom. The van der Waals surface area contributed by atoms with Crippen LogP contribution in [0.1, 0.15) is 15.9 Å². The van der Waals surface area contributed by atoms with E-state index in [9.17, 15) is 9.59 Å². The molecule has 0 spiro atoms. The zero-order valence-corrected chi connectivity index (χ0v) is 13.4. The van der Waals surface area contributed by atoms with Gasteiger partial charge in [-0.2, -0.15) is 0 Å². The van der Waals surface area contributed by atoms with Crippen LogP contribution >= 0.6 is 0 Å². The maximum atomic E-state index is 12.3. The van der Waals surface area contributed by atoms with Crippen molar-refractivity contribution in [2.45, 2.75) is 12.5 Å². The third-order valence-corrected chi connectivity index (χ3v) is 3.12. The van der Waals surface area contributed by atoms with E-state index in [4.69, 9.17) is 19.3 Å². The van der Waals surface area contributed by atoms with E-state index in [-0.39, 0.29) is 12.2 Å². The Bertz CT molecular complexity index is 584. The minimum atomic E-state index is -1.17. The van der Waals surface area contributed by atoms with Crippen molar-refractivity contribution in [1.29, 1.82) is 0 Å². The van der Waals surface area contributed by atoms with Crippen LogP contribution in [0.25, 0.3) is 0 Å². The first-order chi connectivity index (χ1) is 11.0. The van der Waals surface area contributed by atoms with Crippen molar-refractivity contribution < 1.29 is 28.9 Å². The zero-order chi connectivity index (χ0) is 17.4. The highest BCUT2D eigenvalue weighted by atomic mass is 16.5. The van der Waals surface area contributed by atoms with Gasteiger partial charge in [0.15, 0.2) is 17.5 Å². The number of carboxylic acid groups (broad SMARTS) is 1. The summed E-state index contributed by atoms with van der Waals surface area (Å²) in [6, 6.07) is 1.97. The van der Waals surface area contributed by atoms with Gasteiger partial charge < -0.3 is 24.6 Å². The minimum absolute atomic E-state index is 0.131. The molecular weight excluding hydrogens is 302 g/mol. The Labute approximate surface area is 134 Å². The fourth-order valence-electron chi connectivity index (χ4n) is 2.06. The first-order valence-electron chi connectivity index (χ1n) is 6.86. The Balaban J connectivity index is 3.15. The number of methoxy groups -OCH3 is 3. The molecule has 1 atom stereocenters. The number of hydrogen-bond acceptors (Lipinski definition) is 5. The number of carboxylic acids is 1. The smallest absolute Gasteiger partial charge is 0.328 e. The van der Waals surface area contributed by atoms with Crippen LogP contribution < -0.4 is 14.8 Å². The van der Waals surface area contributed by atoms with Gasteiger partial charge in [0.05, 0.1) is 20.8 Å². The van der Waals surface area contributed by atoms with Crippen molar-refractivity contribution in [1.82, 2.24) is 5.32 Å². The van der Waals surface area contributed by atoms with E-state index < -0.39 is 17.9 Å². The zero-order valence-electron chi connectivity index (χ0n) is 13.4. The highest BCUT2D eigenvalue weighted by Gasteiger charge is 2.22. The number of carbonyl (C=O) groups excluding carboxylic acids is 1. The Kier molecular flexibility index (Phi) is 7.08. The van der Waals surface area contributed by atoms with Gasteiger partial charge in [0.25, 0.3) is 5.91 Å². The summed E-state index contributed by atoms with van der Waals surface area (Å²) in [4.78, 5) is 23.4. The lowest BCUT2D eigenvalue weighted by atomic mass is 10.0. The number of rotatable bonds is 9. The summed E-state index contributed by atoms with van der Waals surface area (Å²) in [5.41, 5.74) is 0.979. The average molecular weight is 323 g/mol. The third-order valence-electron chi connectivity index (χ3n) is 3.12. The number of amides is 1. The molecule has 0 aromatic heterocycles. The highest BCUT2D eigenvalue weighted by Crippen LogP contribution is 2.33. The van der Waals surface area contributed by atoms with Crippen LogP contribution in [-0.2, 0) is 16.0 Å². The van der Waals surface area contributed by atoms with Gasteiger partial charge in [0.2, 0.25) is 0 Å². The number of hydrogen-bond donors (Lipinski definition) is 2. The van der Waals surface area contributed by atoms with Crippen LogP contribution in [-0.4, -0.2) is 51.0 Å². The van der Waals surface area contributed by atoms with Crippen molar-refractivity contribution in [3.05, 3.63) is 35.9 Å². The summed E-state index contributed by atoms with van der Waals surface area (Å²) in [5, 5.41) is 11.5. The molecule has 1 unspecified atom stereocenters. The predicted molar refractivity (Wildman–Crippen MR) is 84.2 cm³/mol. The van der Waals surface area contributed by atoms with Gasteiger partial charge in [-0.15, -0.1) is 6.58 Å². The van der Waals surface area contributed by atoms with Gasteiger partial charge in [-0.3, -0.25) is 4.79 Å². The quantitative estimate of drug-likeness (QED) is 0.665. The minimum Gasteiger partial charge on any atom is -0.493 e. The lowest BCUT2D eigenvalue weighted by molar-refractivity contribution is -0.140.